The molecule has 3 aromatic rings. The monoisotopic (exact) mass is 437 g/mol. The van der Waals surface area contributed by atoms with Gasteiger partial charge in [0.2, 0.25) is 5.91 Å². The van der Waals surface area contributed by atoms with Crippen molar-refractivity contribution in [2.45, 2.75) is 18.6 Å². The number of nitrogens with one attached hydrogen (secondary N) is 1. The minimum Gasteiger partial charge on any atom is -0.496 e. The SMILES string of the molecule is CCn1c(SCC(=O)Nc2ccc(Cl)cn2)nnc1-c1cc(Cl)ccc1OC. The van der Waals surface area contributed by atoms with E-state index < -0.39 is 0 Å². The largest absolute Gasteiger partial charge is 0.496 e. The lowest BCUT2D eigenvalue weighted by molar-refractivity contribution is -0.113. The van der Waals surface area contributed by atoms with Crippen molar-refractivity contribution in [2.75, 3.05) is 18.2 Å². The number of ether oxygens (including phenoxy) is 1. The first-order valence-electron chi connectivity index (χ1n) is 8.33. The fourth-order valence-electron chi connectivity index (χ4n) is 2.49. The van der Waals surface area contributed by atoms with Crippen LogP contribution in [0.4, 0.5) is 5.82 Å². The summed E-state index contributed by atoms with van der Waals surface area (Å²) in [5.41, 5.74) is 0.742. The van der Waals surface area contributed by atoms with Crippen molar-refractivity contribution in [2.24, 2.45) is 0 Å². The van der Waals surface area contributed by atoms with Crippen LogP contribution in [0.3, 0.4) is 0 Å². The van der Waals surface area contributed by atoms with Crippen LogP contribution in [-0.2, 0) is 11.3 Å². The van der Waals surface area contributed by atoms with E-state index in [-0.39, 0.29) is 11.7 Å². The van der Waals surface area contributed by atoms with Gasteiger partial charge in [-0.05, 0) is 37.3 Å². The van der Waals surface area contributed by atoms with E-state index in [1.807, 2.05) is 11.5 Å². The summed E-state index contributed by atoms with van der Waals surface area (Å²) in [7, 11) is 1.59. The van der Waals surface area contributed by atoms with Crippen LogP contribution in [0, 0.1) is 0 Å². The van der Waals surface area contributed by atoms with Crippen molar-refractivity contribution in [1.82, 2.24) is 19.7 Å². The summed E-state index contributed by atoms with van der Waals surface area (Å²) in [4.78, 5) is 16.2. The minimum absolute atomic E-state index is 0.162. The van der Waals surface area contributed by atoms with Gasteiger partial charge in [-0.3, -0.25) is 4.79 Å². The van der Waals surface area contributed by atoms with Gasteiger partial charge in [0.1, 0.15) is 11.6 Å². The highest BCUT2D eigenvalue weighted by atomic mass is 35.5. The molecule has 7 nitrogen and oxygen atoms in total. The van der Waals surface area contributed by atoms with Gasteiger partial charge in [0.25, 0.3) is 0 Å². The molecular formula is C18H17Cl2N5O2S. The Morgan fingerprint density at radius 2 is 2.00 bits per heavy atom. The molecular weight excluding hydrogens is 421 g/mol. The molecule has 0 saturated heterocycles. The van der Waals surface area contributed by atoms with Gasteiger partial charge in [0, 0.05) is 17.8 Å². The highest BCUT2D eigenvalue weighted by molar-refractivity contribution is 7.99. The first kappa shape index (κ1) is 20.4. The van der Waals surface area contributed by atoms with E-state index in [4.69, 9.17) is 27.9 Å². The summed E-state index contributed by atoms with van der Waals surface area (Å²) in [6.07, 6.45) is 1.47. The number of hydrogen-bond donors (Lipinski definition) is 1. The number of halogens is 2. The number of carbonyl (C=O) groups excluding carboxylic acids is 1. The Hall–Kier alpha value is -2.29. The molecule has 0 atom stereocenters. The third kappa shape index (κ3) is 4.76. The number of amides is 1. The molecule has 3 rings (SSSR count). The standard InChI is InChI=1S/C18H17Cl2N5O2S/c1-3-25-17(13-8-11(19)4-6-14(13)27-2)23-24-18(25)28-10-16(26)22-15-7-5-12(20)9-21-15/h4-9H,3,10H2,1-2H3,(H,21,22,26). The number of benzene rings is 1. The van der Waals surface area contributed by atoms with Crippen LogP contribution in [0.25, 0.3) is 11.4 Å². The molecule has 146 valence electrons. The summed E-state index contributed by atoms with van der Waals surface area (Å²) in [6, 6.07) is 8.62. The van der Waals surface area contributed by atoms with Crippen LogP contribution in [0.1, 0.15) is 6.92 Å². The second-order valence-corrected chi connectivity index (χ2v) is 7.41. The zero-order chi connectivity index (χ0) is 20.1. The molecule has 28 heavy (non-hydrogen) atoms. The number of anilines is 1. The van der Waals surface area contributed by atoms with Crippen LogP contribution in [0.5, 0.6) is 5.75 Å². The fraction of sp³-hybridized carbons (Fsp3) is 0.222. The molecule has 0 bridgehead atoms. The lowest BCUT2D eigenvalue weighted by Crippen LogP contribution is -2.15. The minimum atomic E-state index is -0.202. The molecule has 0 aliphatic carbocycles. The van der Waals surface area contributed by atoms with Gasteiger partial charge >= 0.3 is 0 Å². The number of thioether (sulfide) groups is 1. The maximum absolute atomic E-state index is 12.2. The van der Waals surface area contributed by atoms with Crippen LogP contribution in [0.2, 0.25) is 10.0 Å². The van der Waals surface area contributed by atoms with Crippen LogP contribution in [-0.4, -0.2) is 38.5 Å². The first-order valence-corrected chi connectivity index (χ1v) is 10.1. The van der Waals surface area contributed by atoms with E-state index >= 15 is 0 Å². The molecule has 0 unspecified atom stereocenters. The zero-order valence-electron chi connectivity index (χ0n) is 15.1. The quantitative estimate of drug-likeness (QED) is 0.551. The average Bonchev–Trinajstić information content (AvgIpc) is 3.11. The van der Waals surface area contributed by atoms with Crippen molar-refractivity contribution in [3.05, 3.63) is 46.6 Å². The van der Waals surface area contributed by atoms with Gasteiger partial charge in [-0.1, -0.05) is 35.0 Å². The lowest BCUT2D eigenvalue weighted by Gasteiger charge is -2.11. The molecule has 0 fully saturated rings. The Balaban J connectivity index is 1.74. The fourth-order valence-corrected chi connectivity index (χ4v) is 3.58. The maximum atomic E-state index is 12.2. The molecule has 2 heterocycles. The highest BCUT2D eigenvalue weighted by Gasteiger charge is 2.18. The zero-order valence-corrected chi connectivity index (χ0v) is 17.5. The third-order valence-corrected chi connectivity index (χ3v) is 5.19. The molecule has 0 aliphatic rings. The van der Waals surface area contributed by atoms with Gasteiger partial charge in [-0.2, -0.15) is 0 Å². The van der Waals surface area contributed by atoms with E-state index in [0.717, 1.165) is 5.56 Å². The number of rotatable bonds is 7. The summed E-state index contributed by atoms with van der Waals surface area (Å²) in [5, 5.41) is 12.9. The molecule has 0 radical (unpaired) electrons. The average molecular weight is 438 g/mol. The Bertz CT molecular complexity index is 979. The summed E-state index contributed by atoms with van der Waals surface area (Å²) >= 11 is 13.2. The van der Waals surface area contributed by atoms with Crippen molar-refractivity contribution < 1.29 is 9.53 Å². The summed E-state index contributed by atoms with van der Waals surface area (Å²) in [5.74, 6) is 1.68. The molecule has 1 N–H and O–H groups in total. The summed E-state index contributed by atoms with van der Waals surface area (Å²) < 4.78 is 7.32. The van der Waals surface area contributed by atoms with Gasteiger partial charge in [0.05, 0.1) is 23.4 Å². The second kappa shape index (κ2) is 9.27. The molecule has 10 heteroatoms. The van der Waals surface area contributed by atoms with Crippen LogP contribution in [0.15, 0.2) is 41.7 Å². The van der Waals surface area contributed by atoms with Gasteiger partial charge < -0.3 is 14.6 Å². The van der Waals surface area contributed by atoms with E-state index in [9.17, 15) is 4.79 Å². The predicted molar refractivity (Wildman–Crippen MR) is 111 cm³/mol. The number of hydrogen-bond acceptors (Lipinski definition) is 6. The Morgan fingerprint density at radius 3 is 2.68 bits per heavy atom. The van der Waals surface area contributed by atoms with Crippen molar-refractivity contribution >= 4 is 46.7 Å². The number of aromatic nitrogens is 4. The maximum Gasteiger partial charge on any atom is 0.236 e. The number of carbonyl (C=O) groups is 1. The molecule has 2 aromatic heterocycles. The van der Waals surface area contributed by atoms with E-state index in [1.54, 1.807) is 37.4 Å². The molecule has 1 amide bonds. The van der Waals surface area contributed by atoms with Gasteiger partial charge in [0.15, 0.2) is 11.0 Å². The van der Waals surface area contributed by atoms with Crippen LogP contribution < -0.4 is 10.1 Å². The Kier molecular flexibility index (Phi) is 6.77. The van der Waals surface area contributed by atoms with Crippen molar-refractivity contribution in [3.8, 4) is 17.1 Å². The highest BCUT2D eigenvalue weighted by Crippen LogP contribution is 2.33. The molecule has 0 saturated carbocycles. The Labute approximate surface area is 176 Å². The molecule has 0 aliphatic heterocycles. The predicted octanol–water partition coefficient (Wildman–Crippen LogP) is 4.41. The smallest absolute Gasteiger partial charge is 0.236 e. The first-order chi connectivity index (χ1) is 13.5. The van der Waals surface area contributed by atoms with Gasteiger partial charge in [-0.15, -0.1) is 10.2 Å². The number of methoxy groups -OCH3 is 1. The molecule has 0 spiro atoms. The number of pyridine rings is 1. The van der Waals surface area contributed by atoms with Gasteiger partial charge in [-0.25, -0.2) is 4.98 Å². The Morgan fingerprint density at radius 1 is 1.21 bits per heavy atom. The van der Waals surface area contributed by atoms with E-state index in [1.165, 1.54) is 18.0 Å². The van der Waals surface area contributed by atoms with E-state index in [2.05, 4.69) is 20.5 Å². The third-order valence-electron chi connectivity index (χ3n) is 3.76. The summed E-state index contributed by atoms with van der Waals surface area (Å²) in [6.45, 7) is 2.60. The lowest BCUT2D eigenvalue weighted by atomic mass is 10.2. The van der Waals surface area contributed by atoms with Crippen molar-refractivity contribution in [1.29, 1.82) is 0 Å². The van der Waals surface area contributed by atoms with Crippen LogP contribution >= 0.6 is 35.0 Å². The second-order valence-electron chi connectivity index (χ2n) is 5.59. The normalized spacial score (nSPS) is 10.7. The number of nitrogens with zero attached hydrogens (tertiary/aromatic N) is 4. The van der Waals surface area contributed by atoms with E-state index in [0.29, 0.717) is 39.1 Å². The van der Waals surface area contributed by atoms with Crippen molar-refractivity contribution in [3.63, 3.8) is 0 Å². The molecule has 1 aromatic carbocycles. The topological polar surface area (TPSA) is 81.9 Å².